The van der Waals surface area contributed by atoms with Crippen LogP contribution in [0.15, 0.2) is 24.3 Å². The van der Waals surface area contributed by atoms with Crippen LogP contribution in [0.5, 0.6) is 5.75 Å². The van der Waals surface area contributed by atoms with E-state index >= 15 is 0 Å². The van der Waals surface area contributed by atoms with Crippen LogP contribution in [-0.2, 0) is 25.2 Å². The minimum atomic E-state index is -1.75. The predicted molar refractivity (Wildman–Crippen MR) is 142 cm³/mol. The number of hydrogen-bond donors (Lipinski definition) is 0. The SMILES string of the molecule is COc1ccc(COCCCCC[C@@H]2C[C@@H]([C@H](C)CO[Si](C)(C)C(C)(C)C)OC(C)(C)O2)cc1. The van der Waals surface area contributed by atoms with Gasteiger partial charge in [0.05, 0.1) is 25.9 Å². The van der Waals surface area contributed by atoms with E-state index in [1.807, 2.05) is 26.0 Å². The van der Waals surface area contributed by atoms with E-state index in [-0.39, 0.29) is 17.2 Å². The molecular formula is C28H50O5Si. The number of benzene rings is 1. The second-order valence-corrected chi connectivity index (χ2v) is 16.6. The third kappa shape index (κ3) is 9.61. The van der Waals surface area contributed by atoms with E-state index in [2.05, 4.69) is 52.9 Å². The summed E-state index contributed by atoms with van der Waals surface area (Å²) in [6.07, 6.45) is 5.79. The van der Waals surface area contributed by atoms with Crippen molar-refractivity contribution in [1.29, 1.82) is 0 Å². The van der Waals surface area contributed by atoms with Gasteiger partial charge in [-0.05, 0) is 62.5 Å². The first-order valence-electron chi connectivity index (χ1n) is 13.0. The maximum atomic E-state index is 6.49. The van der Waals surface area contributed by atoms with Gasteiger partial charge in [-0.2, -0.15) is 0 Å². The molecule has 1 aromatic rings. The summed E-state index contributed by atoms with van der Waals surface area (Å²) < 4.78 is 30.1. The van der Waals surface area contributed by atoms with Crippen molar-refractivity contribution in [2.75, 3.05) is 20.3 Å². The van der Waals surface area contributed by atoms with E-state index in [0.717, 1.165) is 51.1 Å². The Hall–Kier alpha value is -0.923. The molecule has 5 nitrogen and oxygen atoms in total. The summed E-state index contributed by atoms with van der Waals surface area (Å²) >= 11 is 0. The molecule has 0 amide bonds. The van der Waals surface area contributed by atoms with Gasteiger partial charge in [0.15, 0.2) is 14.1 Å². The van der Waals surface area contributed by atoms with Gasteiger partial charge in [0, 0.05) is 25.6 Å². The summed E-state index contributed by atoms with van der Waals surface area (Å²) in [5.41, 5.74) is 1.18. The Morgan fingerprint density at radius 1 is 1.06 bits per heavy atom. The fourth-order valence-electron chi connectivity index (χ4n) is 4.00. The maximum Gasteiger partial charge on any atom is 0.191 e. The first-order valence-corrected chi connectivity index (χ1v) is 15.9. The van der Waals surface area contributed by atoms with Crippen LogP contribution in [0.1, 0.15) is 79.2 Å². The van der Waals surface area contributed by atoms with Crippen molar-refractivity contribution in [3.63, 3.8) is 0 Å². The first-order chi connectivity index (χ1) is 15.8. The van der Waals surface area contributed by atoms with Crippen LogP contribution in [0.4, 0.5) is 0 Å². The zero-order valence-corrected chi connectivity index (χ0v) is 24.2. The number of hydrogen-bond acceptors (Lipinski definition) is 5. The summed E-state index contributed by atoms with van der Waals surface area (Å²) in [5, 5.41) is 0.226. The second kappa shape index (κ2) is 12.9. The molecule has 0 spiro atoms. The summed E-state index contributed by atoms with van der Waals surface area (Å²) in [6.45, 7) is 20.0. The molecule has 1 aliphatic rings. The molecule has 2 rings (SSSR count). The fourth-order valence-corrected chi connectivity index (χ4v) is 5.12. The summed E-state index contributed by atoms with van der Waals surface area (Å²) in [6, 6.07) is 8.05. The Kier molecular flexibility index (Phi) is 11.1. The molecule has 196 valence electrons. The zero-order chi connectivity index (χ0) is 25.4. The number of methoxy groups -OCH3 is 1. The lowest BCUT2D eigenvalue weighted by Gasteiger charge is -2.44. The second-order valence-electron chi connectivity index (χ2n) is 11.8. The minimum Gasteiger partial charge on any atom is -0.497 e. The molecule has 6 heteroatoms. The molecule has 0 radical (unpaired) electrons. The predicted octanol–water partition coefficient (Wildman–Crippen LogP) is 7.34. The molecule has 0 unspecified atom stereocenters. The molecule has 1 aliphatic heterocycles. The van der Waals surface area contributed by atoms with Gasteiger partial charge in [0.2, 0.25) is 0 Å². The number of ether oxygens (including phenoxy) is 4. The fraction of sp³-hybridized carbons (Fsp3) is 0.786. The third-order valence-corrected chi connectivity index (χ3v) is 11.8. The molecule has 0 aliphatic carbocycles. The molecule has 34 heavy (non-hydrogen) atoms. The van der Waals surface area contributed by atoms with E-state index in [9.17, 15) is 0 Å². The van der Waals surface area contributed by atoms with E-state index in [0.29, 0.717) is 12.5 Å². The van der Waals surface area contributed by atoms with E-state index in [1.165, 1.54) is 5.56 Å². The van der Waals surface area contributed by atoms with Crippen molar-refractivity contribution in [2.24, 2.45) is 5.92 Å². The van der Waals surface area contributed by atoms with Crippen molar-refractivity contribution in [3.05, 3.63) is 29.8 Å². The highest BCUT2D eigenvalue weighted by molar-refractivity contribution is 6.74. The number of rotatable bonds is 13. The van der Waals surface area contributed by atoms with Gasteiger partial charge in [-0.3, -0.25) is 0 Å². The monoisotopic (exact) mass is 494 g/mol. The van der Waals surface area contributed by atoms with Gasteiger partial charge in [0.1, 0.15) is 5.75 Å². The Bertz CT molecular complexity index is 711. The lowest BCUT2D eigenvalue weighted by atomic mass is 9.95. The van der Waals surface area contributed by atoms with Crippen LogP contribution in [-0.4, -0.2) is 46.6 Å². The minimum absolute atomic E-state index is 0.173. The average molecular weight is 495 g/mol. The standard InChI is InChI=1S/C28H50O5Si/c1-22(20-31-34(8,9)27(2,3)4)26-19-25(32-28(5,6)33-26)13-11-10-12-18-30-21-23-14-16-24(29-7)17-15-23/h14-17,22,25-26H,10-13,18-21H2,1-9H3/t22-,25-,26+/m1/s1. The molecule has 1 saturated heterocycles. The molecular weight excluding hydrogens is 444 g/mol. The molecule has 3 atom stereocenters. The highest BCUT2D eigenvalue weighted by atomic mass is 28.4. The lowest BCUT2D eigenvalue weighted by Crippen LogP contribution is -2.49. The summed E-state index contributed by atoms with van der Waals surface area (Å²) in [4.78, 5) is 0. The highest BCUT2D eigenvalue weighted by Gasteiger charge is 2.40. The third-order valence-electron chi connectivity index (χ3n) is 7.27. The van der Waals surface area contributed by atoms with Crippen molar-refractivity contribution in [1.82, 2.24) is 0 Å². The molecule has 0 aromatic heterocycles. The number of unbranched alkanes of at least 4 members (excludes halogenated alkanes) is 2. The van der Waals surface area contributed by atoms with E-state index < -0.39 is 14.1 Å². The molecule has 1 aromatic carbocycles. The van der Waals surface area contributed by atoms with Crippen LogP contribution in [0.3, 0.4) is 0 Å². The van der Waals surface area contributed by atoms with Crippen LogP contribution >= 0.6 is 0 Å². The van der Waals surface area contributed by atoms with Gasteiger partial charge < -0.3 is 23.4 Å². The highest BCUT2D eigenvalue weighted by Crippen LogP contribution is 2.38. The van der Waals surface area contributed by atoms with Gasteiger partial charge in [0.25, 0.3) is 0 Å². The molecule has 1 heterocycles. The Morgan fingerprint density at radius 3 is 2.35 bits per heavy atom. The average Bonchev–Trinajstić information content (AvgIpc) is 2.75. The van der Waals surface area contributed by atoms with Gasteiger partial charge in [-0.25, -0.2) is 0 Å². The maximum absolute atomic E-state index is 6.49. The zero-order valence-electron chi connectivity index (χ0n) is 23.2. The van der Waals surface area contributed by atoms with Gasteiger partial charge in [-0.15, -0.1) is 0 Å². The molecule has 0 saturated carbocycles. The Morgan fingerprint density at radius 2 is 1.74 bits per heavy atom. The van der Waals surface area contributed by atoms with Crippen LogP contribution < -0.4 is 4.74 Å². The quantitative estimate of drug-likeness (QED) is 0.212. The van der Waals surface area contributed by atoms with Crippen molar-refractivity contribution < 1.29 is 23.4 Å². The molecule has 0 N–H and O–H groups in total. The van der Waals surface area contributed by atoms with Crippen LogP contribution in [0, 0.1) is 5.92 Å². The Labute approximate surface area is 210 Å². The van der Waals surface area contributed by atoms with Gasteiger partial charge >= 0.3 is 0 Å². The normalized spacial score (nSPS) is 21.9. The summed E-state index contributed by atoms with van der Waals surface area (Å²) in [5.74, 6) is 0.688. The lowest BCUT2D eigenvalue weighted by molar-refractivity contribution is -0.309. The van der Waals surface area contributed by atoms with Gasteiger partial charge in [-0.1, -0.05) is 52.7 Å². The summed E-state index contributed by atoms with van der Waals surface area (Å²) in [7, 11) is -0.0677. The molecule has 1 fully saturated rings. The van der Waals surface area contributed by atoms with E-state index in [1.54, 1.807) is 7.11 Å². The topological polar surface area (TPSA) is 46.2 Å². The largest absolute Gasteiger partial charge is 0.497 e. The van der Waals surface area contributed by atoms with Crippen molar-refractivity contribution in [3.8, 4) is 5.75 Å². The smallest absolute Gasteiger partial charge is 0.191 e. The van der Waals surface area contributed by atoms with Crippen molar-refractivity contribution >= 4 is 8.32 Å². The van der Waals surface area contributed by atoms with Crippen LogP contribution in [0.25, 0.3) is 0 Å². The van der Waals surface area contributed by atoms with Crippen LogP contribution in [0.2, 0.25) is 18.1 Å². The van der Waals surface area contributed by atoms with E-state index in [4.69, 9.17) is 23.4 Å². The first kappa shape index (κ1) is 29.3. The Balaban J connectivity index is 1.68. The van der Waals surface area contributed by atoms with Crippen molar-refractivity contribution in [2.45, 2.75) is 116 Å². The molecule has 0 bridgehead atoms.